The van der Waals surface area contributed by atoms with Gasteiger partial charge in [0.2, 0.25) is 11.9 Å². The van der Waals surface area contributed by atoms with E-state index >= 15 is 0 Å². The summed E-state index contributed by atoms with van der Waals surface area (Å²) in [5.74, 6) is 2.92. The maximum Gasteiger partial charge on any atom is 0.231 e. The molecule has 2 aliphatic heterocycles. The van der Waals surface area contributed by atoms with Gasteiger partial charge in [0.05, 0.1) is 5.71 Å². The van der Waals surface area contributed by atoms with Gasteiger partial charge >= 0.3 is 0 Å². The number of rotatable bonds is 2. The van der Waals surface area contributed by atoms with E-state index in [0.29, 0.717) is 10.8 Å². The number of ether oxygens (including phenoxy) is 2. The fourth-order valence-corrected chi connectivity index (χ4v) is 3.69. The van der Waals surface area contributed by atoms with Crippen molar-refractivity contribution in [3.05, 3.63) is 53.1 Å². The Morgan fingerprint density at radius 3 is 2.64 bits per heavy atom. The zero-order valence-electron chi connectivity index (χ0n) is 12.8. The maximum atomic E-state index is 5.97. The van der Waals surface area contributed by atoms with Gasteiger partial charge in [0.15, 0.2) is 17.3 Å². The quantitative estimate of drug-likeness (QED) is 0.688. The standard InChI is InChI=1S/C17H11ClN4O2S/c18-12-4-1-10(2-5-12)16-19-20-17-22(16)21-13(8-25-17)11-3-6-14-15(7-11)24-9-23-14/h1-7H,8-9H2. The molecule has 8 heteroatoms. The molecule has 0 radical (unpaired) electrons. The molecule has 3 heterocycles. The van der Waals surface area contributed by atoms with Crippen LogP contribution in [0.15, 0.2) is 52.7 Å². The molecule has 0 bridgehead atoms. The summed E-state index contributed by atoms with van der Waals surface area (Å²) in [5, 5.41) is 14.7. The van der Waals surface area contributed by atoms with Crippen LogP contribution in [0.1, 0.15) is 5.56 Å². The second kappa shape index (κ2) is 5.79. The maximum absolute atomic E-state index is 5.97. The van der Waals surface area contributed by atoms with Crippen LogP contribution in [-0.2, 0) is 0 Å². The van der Waals surface area contributed by atoms with Gasteiger partial charge in [-0.25, -0.2) is 0 Å². The molecule has 0 fully saturated rings. The fourth-order valence-electron chi connectivity index (χ4n) is 2.72. The Morgan fingerprint density at radius 1 is 0.960 bits per heavy atom. The van der Waals surface area contributed by atoms with E-state index in [-0.39, 0.29) is 6.79 Å². The minimum atomic E-state index is 0.260. The number of thioether (sulfide) groups is 1. The zero-order valence-corrected chi connectivity index (χ0v) is 14.4. The van der Waals surface area contributed by atoms with Crippen molar-refractivity contribution in [3.8, 4) is 22.9 Å². The third-order valence-electron chi connectivity index (χ3n) is 3.98. The molecule has 124 valence electrons. The number of halogens is 1. The van der Waals surface area contributed by atoms with Gasteiger partial charge in [-0.05, 0) is 42.5 Å². The summed E-state index contributed by atoms with van der Waals surface area (Å²) in [6.07, 6.45) is 0. The molecule has 2 aliphatic rings. The molecule has 1 aromatic heterocycles. The Kier molecular flexibility index (Phi) is 3.43. The third kappa shape index (κ3) is 2.56. The number of hydrogen-bond donors (Lipinski definition) is 0. The van der Waals surface area contributed by atoms with Crippen LogP contribution in [0.4, 0.5) is 0 Å². The molecule has 5 rings (SSSR count). The molecule has 0 spiro atoms. The van der Waals surface area contributed by atoms with Crippen LogP contribution in [-0.4, -0.2) is 33.1 Å². The highest BCUT2D eigenvalue weighted by Crippen LogP contribution is 2.34. The van der Waals surface area contributed by atoms with E-state index < -0.39 is 0 Å². The Balaban J connectivity index is 1.57. The highest BCUT2D eigenvalue weighted by Gasteiger charge is 2.22. The first-order valence-corrected chi connectivity index (χ1v) is 8.96. The van der Waals surface area contributed by atoms with Crippen molar-refractivity contribution in [1.82, 2.24) is 14.9 Å². The number of fused-ring (bicyclic) bond motifs is 2. The van der Waals surface area contributed by atoms with Crippen molar-refractivity contribution in [2.75, 3.05) is 12.5 Å². The molecular weight excluding hydrogens is 360 g/mol. The summed E-state index contributed by atoms with van der Waals surface area (Å²) < 4.78 is 12.6. The largest absolute Gasteiger partial charge is 0.454 e. The van der Waals surface area contributed by atoms with Crippen molar-refractivity contribution in [2.45, 2.75) is 5.16 Å². The minimum absolute atomic E-state index is 0.260. The van der Waals surface area contributed by atoms with Gasteiger partial charge in [0, 0.05) is 21.9 Å². The van der Waals surface area contributed by atoms with Crippen molar-refractivity contribution in [2.24, 2.45) is 5.10 Å². The van der Waals surface area contributed by atoms with Crippen LogP contribution in [0.5, 0.6) is 11.5 Å². The summed E-state index contributed by atoms with van der Waals surface area (Å²) in [5.41, 5.74) is 2.85. The average molecular weight is 371 g/mol. The smallest absolute Gasteiger partial charge is 0.231 e. The molecule has 0 aliphatic carbocycles. The second-order valence-electron chi connectivity index (χ2n) is 5.53. The Labute approximate surface area is 152 Å². The Hall–Kier alpha value is -2.51. The van der Waals surface area contributed by atoms with Gasteiger partial charge in [-0.2, -0.15) is 9.78 Å². The predicted molar refractivity (Wildman–Crippen MR) is 95.7 cm³/mol. The molecule has 0 saturated carbocycles. The minimum Gasteiger partial charge on any atom is -0.454 e. The molecule has 2 aromatic carbocycles. The van der Waals surface area contributed by atoms with E-state index in [0.717, 1.165) is 39.2 Å². The Bertz CT molecular complexity index is 1000. The molecule has 0 atom stereocenters. The topological polar surface area (TPSA) is 61.5 Å². The molecule has 0 unspecified atom stereocenters. The number of hydrogen-bond acceptors (Lipinski definition) is 6. The van der Waals surface area contributed by atoms with Crippen LogP contribution in [0.2, 0.25) is 5.02 Å². The van der Waals surface area contributed by atoms with E-state index in [1.54, 1.807) is 16.4 Å². The highest BCUT2D eigenvalue weighted by molar-refractivity contribution is 7.99. The van der Waals surface area contributed by atoms with Crippen molar-refractivity contribution >= 4 is 29.1 Å². The molecule has 0 N–H and O–H groups in total. The van der Waals surface area contributed by atoms with Crippen LogP contribution in [0, 0.1) is 0 Å². The SMILES string of the molecule is Clc1ccc(-c2nnc3n2N=C(c2ccc4c(c2)OCO4)CS3)cc1. The van der Waals surface area contributed by atoms with Crippen LogP contribution in [0.3, 0.4) is 0 Å². The van der Waals surface area contributed by atoms with Gasteiger partial charge in [-0.1, -0.05) is 23.4 Å². The molecule has 6 nitrogen and oxygen atoms in total. The lowest BCUT2D eigenvalue weighted by molar-refractivity contribution is 0.174. The van der Waals surface area contributed by atoms with E-state index in [1.807, 2.05) is 42.5 Å². The lowest BCUT2D eigenvalue weighted by Gasteiger charge is -2.14. The monoisotopic (exact) mass is 370 g/mol. The van der Waals surface area contributed by atoms with Crippen LogP contribution >= 0.6 is 23.4 Å². The van der Waals surface area contributed by atoms with Gasteiger partial charge in [-0.3, -0.25) is 0 Å². The van der Waals surface area contributed by atoms with Crippen molar-refractivity contribution in [1.29, 1.82) is 0 Å². The first-order chi connectivity index (χ1) is 12.3. The summed E-state index contributed by atoms with van der Waals surface area (Å²) in [6, 6.07) is 13.3. The summed E-state index contributed by atoms with van der Waals surface area (Å²) >= 11 is 7.57. The van der Waals surface area contributed by atoms with E-state index in [1.165, 1.54) is 0 Å². The summed E-state index contributed by atoms with van der Waals surface area (Å²) in [7, 11) is 0. The lowest BCUT2D eigenvalue weighted by atomic mass is 10.1. The first kappa shape index (κ1) is 14.8. The van der Waals surface area contributed by atoms with Gasteiger partial charge in [0.25, 0.3) is 0 Å². The number of benzene rings is 2. The first-order valence-electron chi connectivity index (χ1n) is 7.60. The molecule has 0 amide bonds. The molecule has 25 heavy (non-hydrogen) atoms. The number of aromatic nitrogens is 3. The van der Waals surface area contributed by atoms with Gasteiger partial charge < -0.3 is 9.47 Å². The number of nitrogens with zero attached hydrogens (tertiary/aromatic N) is 4. The fraction of sp³-hybridized carbons (Fsp3) is 0.118. The summed E-state index contributed by atoms with van der Waals surface area (Å²) in [6.45, 7) is 0.260. The van der Waals surface area contributed by atoms with Crippen LogP contribution in [0.25, 0.3) is 11.4 Å². The van der Waals surface area contributed by atoms with E-state index in [2.05, 4.69) is 10.2 Å². The lowest BCUT2D eigenvalue weighted by Crippen LogP contribution is -2.13. The normalized spacial score (nSPS) is 15.0. The van der Waals surface area contributed by atoms with Crippen molar-refractivity contribution < 1.29 is 9.47 Å². The predicted octanol–water partition coefficient (Wildman–Crippen LogP) is 3.69. The molecule has 3 aromatic rings. The average Bonchev–Trinajstić information content (AvgIpc) is 3.28. The van der Waals surface area contributed by atoms with E-state index in [4.69, 9.17) is 26.2 Å². The third-order valence-corrected chi connectivity index (χ3v) is 5.16. The molecular formula is C17H11ClN4O2S. The van der Waals surface area contributed by atoms with Gasteiger partial charge in [0.1, 0.15) is 0 Å². The zero-order chi connectivity index (χ0) is 16.8. The second-order valence-corrected chi connectivity index (χ2v) is 6.91. The van der Waals surface area contributed by atoms with Crippen molar-refractivity contribution in [3.63, 3.8) is 0 Å². The van der Waals surface area contributed by atoms with E-state index in [9.17, 15) is 0 Å². The van der Waals surface area contributed by atoms with Gasteiger partial charge in [-0.15, -0.1) is 10.2 Å². The summed E-state index contributed by atoms with van der Waals surface area (Å²) in [4.78, 5) is 0. The Morgan fingerprint density at radius 2 is 1.76 bits per heavy atom. The highest BCUT2D eigenvalue weighted by atomic mass is 35.5. The van der Waals surface area contributed by atoms with Crippen LogP contribution < -0.4 is 9.47 Å². The molecule has 0 saturated heterocycles.